The first-order valence-electron chi connectivity index (χ1n) is 11.7. The summed E-state index contributed by atoms with van der Waals surface area (Å²) in [4.78, 5) is 31.2. The van der Waals surface area contributed by atoms with Gasteiger partial charge in [0.1, 0.15) is 23.1 Å². The van der Waals surface area contributed by atoms with Gasteiger partial charge in [-0.05, 0) is 72.1 Å². The van der Waals surface area contributed by atoms with Gasteiger partial charge in [-0.1, -0.05) is 12.1 Å². The highest BCUT2D eigenvalue weighted by Gasteiger charge is 2.45. The minimum atomic E-state index is -0.823. The minimum Gasteiger partial charge on any atom is -0.507 e. The van der Waals surface area contributed by atoms with E-state index in [1.54, 1.807) is 38.5 Å². The number of aromatic amines is 1. The van der Waals surface area contributed by atoms with E-state index in [0.717, 1.165) is 16.5 Å². The van der Waals surface area contributed by atoms with Gasteiger partial charge in [0.15, 0.2) is 0 Å². The minimum absolute atomic E-state index is 0.0395. The molecule has 7 nitrogen and oxygen atoms in total. The van der Waals surface area contributed by atoms with Crippen LogP contribution in [0.15, 0.2) is 78.5 Å². The Hall–Kier alpha value is -4.59. The highest BCUT2D eigenvalue weighted by molar-refractivity contribution is 6.46. The second-order valence-electron chi connectivity index (χ2n) is 8.75. The van der Waals surface area contributed by atoms with E-state index in [1.165, 1.54) is 29.2 Å². The van der Waals surface area contributed by atoms with Crippen LogP contribution in [0.25, 0.3) is 16.7 Å². The Balaban J connectivity index is 1.55. The third kappa shape index (κ3) is 4.42. The van der Waals surface area contributed by atoms with E-state index in [9.17, 15) is 19.1 Å². The molecule has 8 heteroatoms. The van der Waals surface area contributed by atoms with E-state index in [2.05, 4.69) is 4.98 Å². The molecule has 0 unspecified atom stereocenters. The number of aliphatic hydroxyl groups excluding tert-OH is 1. The summed E-state index contributed by atoms with van der Waals surface area (Å²) >= 11 is 0. The van der Waals surface area contributed by atoms with Gasteiger partial charge in [-0.25, -0.2) is 4.39 Å². The number of nitrogens with one attached hydrogen (secondary N) is 1. The lowest BCUT2D eigenvalue weighted by Gasteiger charge is -2.25. The van der Waals surface area contributed by atoms with Gasteiger partial charge in [0, 0.05) is 29.2 Å². The molecule has 0 saturated carbocycles. The highest BCUT2D eigenvalue weighted by Crippen LogP contribution is 2.40. The number of rotatable bonds is 7. The highest BCUT2D eigenvalue weighted by atomic mass is 19.1. The fraction of sp³-hybridized carbons (Fsp3) is 0.172. The number of nitrogens with zero attached hydrogens (tertiary/aromatic N) is 1. The zero-order chi connectivity index (χ0) is 26.1. The second-order valence-corrected chi connectivity index (χ2v) is 8.75. The number of benzene rings is 3. The molecule has 3 aromatic carbocycles. The van der Waals surface area contributed by atoms with Crippen LogP contribution in [0.5, 0.6) is 11.5 Å². The summed E-state index contributed by atoms with van der Waals surface area (Å²) in [7, 11) is 3.15. The lowest BCUT2D eigenvalue weighted by atomic mass is 9.95. The summed E-state index contributed by atoms with van der Waals surface area (Å²) in [5.74, 6) is -0.985. The molecule has 1 aromatic heterocycles. The van der Waals surface area contributed by atoms with Gasteiger partial charge in [-0.15, -0.1) is 0 Å². The van der Waals surface area contributed by atoms with Crippen molar-refractivity contribution in [1.82, 2.24) is 9.88 Å². The number of hydrogen-bond acceptors (Lipinski definition) is 5. The van der Waals surface area contributed by atoms with Crippen LogP contribution in [-0.4, -0.2) is 47.4 Å². The maximum atomic E-state index is 13.5. The first kappa shape index (κ1) is 24.1. The van der Waals surface area contributed by atoms with Crippen molar-refractivity contribution in [3.63, 3.8) is 0 Å². The van der Waals surface area contributed by atoms with Crippen LogP contribution in [0.1, 0.15) is 22.7 Å². The van der Waals surface area contributed by atoms with Crippen molar-refractivity contribution in [3.05, 3.63) is 101 Å². The number of amides is 1. The second kappa shape index (κ2) is 9.81. The molecule has 4 aromatic rings. The van der Waals surface area contributed by atoms with E-state index < -0.39 is 23.5 Å². The number of Topliss-reactive ketones (excluding diaryl/α,β-unsaturated/α-hetero) is 1. The summed E-state index contributed by atoms with van der Waals surface area (Å²) in [5, 5.41) is 12.1. The molecule has 1 aliphatic rings. The molecule has 0 aliphatic carbocycles. The molecular formula is C29H25FN2O5. The SMILES string of the molecule is COc1ccc([C@@H]2C(=C(O)c3ccc(F)cc3)C(=O)C(=O)N2CCc2c[nH]c3ccc(OC)cc23)cc1. The first-order chi connectivity index (χ1) is 17.9. The summed E-state index contributed by atoms with van der Waals surface area (Å²) in [6.07, 6.45) is 2.34. The first-order valence-corrected chi connectivity index (χ1v) is 11.7. The Kier molecular flexibility index (Phi) is 6.40. The average Bonchev–Trinajstić information content (AvgIpc) is 3.44. The van der Waals surface area contributed by atoms with Crippen molar-refractivity contribution in [3.8, 4) is 11.5 Å². The van der Waals surface area contributed by atoms with Crippen molar-refractivity contribution >= 4 is 28.4 Å². The van der Waals surface area contributed by atoms with Crippen molar-refractivity contribution < 1.29 is 28.6 Å². The van der Waals surface area contributed by atoms with E-state index >= 15 is 0 Å². The lowest BCUT2D eigenvalue weighted by Crippen LogP contribution is -2.31. The van der Waals surface area contributed by atoms with Crippen LogP contribution < -0.4 is 9.47 Å². The lowest BCUT2D eigenvalue weighted by molar-refractivity contribution is -0.139. The number of likely N-dealkylation sites (tertiary alicyclic amines) is 1. The molecule has 2 heterocycles. The van der Waals surface area contributed by atoms with Crippen molar-refractivity contribution in [2.45, 2.75) is 12.5 Å². The largest absolute Gasteiger partial charge is 0.507 e. The molecule has 1 saturated heterocycles. The summed E-state index contributed by atoms with van der Waals surface area (Å²) in [6.45, 7) is 0.228. The van der Waals surface area contributed by atoms with Crippen LogP contribution in [0.3, 0.4) is 0 Å². The van der Waals surface area contributed by atoms with Crippen molar-refractivity contribution in [2.24, 2.45) is 0 Å². The number of aliphatic hydroxyl groups is 1. The van der Waals surface area contributed by atoms with Gasteiger partial charge in [0.2, 0.25) is 0 Å². The topological polar surface area (TPSA) is 91.9 Å². The average molecular weight is 501 g/mol. The number of fused-ring (bicyclic) bond motifs is 1. The molecular weight excluding hydrogens is 475 g/mol. The number of halogens is 1. The van der Waals surface area contributed by atoms with Gasteiger partial charge in [0.05, 0.1) is 25.8 Å². The molecule has 1 fully saturated rings. The van der Waals surface area contributed by atoms with Crippen LogP contribution in [0.4, 0.5) is 4.39 Å². The van der Waals surface area contributed by atoms with Gasteiger partial charge in [0.25, 0.3) is 11.7 Å². The summed E-state index contributed by atoms with van der Waals surface area (Å²) in [5.41, 5.74) is 2.75. The molecule has 0 bridgehead atoms. The maximum Gasteiger partial charge on any atom is 0.295 e. The number of ketones is 1. The molecule has 1 atom stereocenters. The third-order valence-electron chi connectivity index (χ3n) is 6.69. The standard InChI is InChI=1S/C29H25FN2O5/c1-36-21-9-5-17(6-10-21)26-25(27(33)18-3-7-20(30)8-4-18)28(34)29(35)32(26)14-13-19-16-31-24-12-11-22(37-2)15-23(19)24/h3-12,15-16,26,31,33H,13-14H2,1-2H3/t26-/m1/s1. The molecule has 37 heavy (non-hydrogen) atoms. The molecule has 1 aliphatic heterocycles. The van der Waals surface area contributed by atoms with Crippen molar-refractivity contribution in [1.29, 1.82) is 0 Å². The molecule has 5 rings (SSSR count). The number of aromatic nitrogens is 1. The van der Waals surface area contributed by atoms with Crippen LogP contribution in [0, 0.1) is 5.82 Å². The molecule has 0 spiro atoms. The Labute approximate surface area is 212 Å². The Bertz CT molecular complexity index is 1510. The van der Waals surface area contributed by atoms with Gasteiger partial charge < -0.3 is 24.5 Å². The fourth-order valence-corrected chi connectivity index (χ4v) is 4.74. The zero-order valence-corrected chi connectivity index (χ0v) is 20.3. The Morgan fingerprint density at radius 2 is 1.65 bits per heavy atom. The fourth-order valence-electron chi connectivity index (χ4n) is 4.74. The number of ether oxygens (including phenoxy) is 2. The van der Waals surface area contributed by atoms with E-state index in [4.69, 9.17) is 9.47 Å². The predicted octanol–water partition coefficient (Wildman–Crippen LogP) is 4.99. The van der Waals surface area contributed by atoms with Gasteiger partial charge >= 0.3 is 0 Å². The van der Waals surface area contributed by atoms with Crippen LogP contribution in [-0.2, 0) is 16.0 Å². The quantitative estimate of drug-likeness (QED) is 0.212. The molecule has 0 radical (unpaired) electrons. The maximum absolute atomic E-state index is 13.5. The smallest absolute Gasteiger partial charge is 0.295 e. The monoisotopic (exact) mass is 500 g/mol. The number of methoxy groups -OCH3 is 2. The van der Waals surface area contributed by atoms with E-state index in [0.29, 0.717) is 23.5 Å². The molecule has 2 N–H and O–H groups in total. The van der Waals surface area contributed by atoms with Crippen molar-refractivity contribution in [2.75, 3.05) is 20.8 Å². The molecule has 1 amide bonds. The van der Waals surface area contributed by atoms with Gasteiger partial charge in [-0.2, -0.15) is 0 Å². The number of carbonyl (C=O) groups is 2. The Morgan fingerprint density at radius 1 is 0.973 bits per heavy atom. The Morgan fingerprint density at radius 3 is 2.32 bits per heavy atom. The number of hydrogen-bond donors (Lipinski definition) is 2. The normalized spacial score (nSPS) is 16.9. The van der Waals surface area contributed by atoms with Gasteiger partial charge in [-0.3, -0.25) is 9.59 Å². The van der Waals surface area contributed by atoms with E-state index in [-0.39, 0.29) is 23.4 Å². The predicted molar refractivity (Wildman–Crippen MR) is 137 cm³/mol. The van der Waals surface area contributed by atoms with Crippen LogP contribution in [0.2, 0.25) is 0 Å². The van der Waals surface area contributed by atoms with E-state index in [1.807, 2.05) is 24.4 Å². The van der Waals surface area contributed by atoms with Crippen LogP contribution >= 0.6 is 0 Å². The number of carbonyl (C=O) groups excluding carboxylic acids is 2. The molecule has 188 valence electrons. The summed E-state index contributed by atoms with van der Waals surface area (Å²) < 4.78 is 24.1. The number of H-pyrrole nitrogens is 1. The summed E-state index contributed by atoms with van der Waals surface area (Å²) in [6, 6.07) is 17.0. The zero-order valence-electron chi connectivity index (χ0n) is 20.3. The third-order valence-corrected chi connectivity index (χ3v) is 6.69.